The molecule has 1 amide bonds. The Kier molecular flexibility index (Phi) is 6.47. The molecule has 1 aliphatic heterocycles. The predicted octanol–water partition coefficient (Wildman–Crippen LogP) is 3.55. The van der Waals surface area contributed by atoms with Crippen molar-refractivity contribution in [3.05, 3.63) is 65.4 Å². The summed E-state index contributed by atoms with van der Waals surface area (Å²) in [5.41, 5.74) is 3.46. The van der Waals surface area contributed by atoms with Crippen molar-refractivity contribution in [3.8, 4) is 0 Å². The van der Waals surface area contributed by atoms with Gasteiger partial charge in [-0.1, -0.05) is 45.0 Å². The number of anilines is 1. The van der Waals surface area contributed by atoms with Gasteiger partial charge in [-0.2, -0.15) is 0 Å². The number of amides is 1. The Bertz CT molecular complexity index is 816. The van der Waals surface area contributed by atoms with E-state index >= 15 is 0 Å². The Morgan fingerprint density at radius 2 is 1.89 bits per heavy atom. The van der Waals surface area contributed by atoms with Crippen LogP contribution in [-0.2, 0) is 21.5 Å². The quantitative estimate of drug-likeness (QED) is 0.808. The molecule has 0 atom stereocenters. The predicted molar refractivity (Wildman–Crippen MR) is 113 cm³/mol. The van der Waals surface area contributed by atoms with E-state index in [-0.39, 0.29) is 11.3 Å². The van der Waals surface area contributed by atoms with E-state index in [4.69, 9.17) is 4.74 Å². The molecule has 0 radical (unpaired) electrons. The van der Waals surface area contributed by atoms with Gasteiger partial charge in [0.15, 0.2) is 0 Å². The van der Waals surface area contributed by atoms with Gasteiger partial charge >= 0.3 is 0 Å². The number of aromatic nitrogens is 1. The van der Waals surface area contributed by atoms with Gasteiger partial charge < -0.3 is 15.0 Å². The van der Waals surface area contributed by atoms with E-state index < -0.39 is 0 Å². The van der Waals surface area contributed by atoms with Crippen molar-refractivity contribution in [1.82, 2.24) is 10.3 Å². The van der Waals surface area contributed by atoms with Crippen LogP contribution >= 0.6 is 0 Å². The first-order valence-electron chi connectivity index (χ1n) is 9.76. The topological polar surface area (TPSA) is 54.5 Å². The van der Waals surface area contributed by atoms with Gasteiger partial charge in [0.1, 0.15) is 5.82 Å². The number of rotatable bonds is 5. The van der Waals surface area contributed by atoms with E-state index in [2.05, 4.69) is 48.1 Å². The lowest BCUT2D eigenvalue weighted by Crippen LogP contribution is -2.36. The lowest BCUT2D eigenvalue weighted by atomic mass is 9.87. The Morgan fingerprint density at radius 1 is 1.18 bits per heavy atom. The maximum absolute atomic E-state index is 12.2. The number of ether oxygens (including phenoxy) is 1. The molecule has 0 aliphatic carbocycles. The van der Waals surface area contributed by atoms with E-state index in [1.54, 1.807) is 12.3 Å². The molecule has 2 aromatic rings. The number of benzene rings is 1. The van der Waals surface area contributed by atoms with Gasteiger partial charge in [-0.05, 0) is 40.3 Å². The molecule has 5 heteroatoms. The van der Waals surface area contributed by atoms with Gasteiger partial charge in [0.2, 0.25) is 5.91 Å². The first kappa shape index (κ1) is 20.1. The minimum absolute atomic E-state index is 0.107. The molecule has 28 heavy (non-hydrogen) atoms. The SMILES string of the molecule is CC(C)(C)c1ccc(/C=C/C(=O)NCc2ccnc(N3CCOCC3)c2)cc1. The number of pyridine rings is 1. The van der Waals surface area contributed by atoms with E-state index in [9.17, 15) is 4.79 Å². The second kappa shape index (κ2) is 9.02. The van der Waals surface area contributed by atoms with E-state index in [0.717, 1.165) is 43.2 Å². The lowest BCUT2D eigenvalue weighted by molar-refractivity contribution is -0.116. The first-order chi connectivity index (χ1) is 13.4. The Morgan fingerprint density at radius 3 is 2.57 bits per heavy atom. The summed E-state index contributed by atoms with van der Waals surface area (Å²) in [6.45, 7) is 10.2. The summed E-state index contributed by atoms with van der Waals surface area (Å²) in [6, 6.07) is 12.3. The minimum Gasteiger partial charge on any atom is -0.378 e. The van der Waals surface area contributed by atoms with Gasteiger partial charge in [0.25, 0.3) is 0 Å². The third-order valence-electron chi connectivity index (χ3n) is 4.82. The molecular formula is C23H29N3O2. The summed E-state index contributed by atoms with van der Waals surface area (Å²) in [4.78, 5) is 18.8. The normalized spacial score (nSPS) is 15.0. The number of nitrogens with zero attached hydrogens (tertiary/aromatic N) is 2. The highest BCUT2D eigenvalue weighted by Gasteiger charge is 2.13. The van der Waals surface area contributed by atoms with Gasteiger partial charge in [-0.25, -0.2) is 4.98 Å². The van der Waals surface area contributed by atoms with Crippen molar-refractivity contribution in [2.24, 2.45) is 0 Å². The molecule has 1 N–H and O–H groups in total. The highest BCUT2D eigenvalue weighted by Crippen LogP contribution is 2.22. The summed E-state index contributed by atoms with van der Waals surface area (Å²) in [7, 11) is 0. The zero-order chi connectivity index (χ0) is 20.0. The Balaban J connectivity index is 1.53. The van der Waals surface area contributed by atoms with Crippen LogP contribution in [0.2, 0.25) is 0 Å². The molecule has 148 valence electrons. The zero-order valence-corrected chi connectivity index (χ0v) is 16.9. The molecule has 0 unspecified atom stereocenters. The fraction of sp³-hybridized carbons (Fsp3) is 0.391. The van der Waals surface area contributed by atoms with Crippen LogP contribution in [-0.4, -0.2) is 37.2 Å². The molecule has 1 aromatic carbocycles. The molecule has 1 aromatic heterocycles. The van der Waals surface area contributed by atoms with Crippen LogP contribution in [0.5, 0.6) is 0 Å². The smallest absolute Gasteiger partial charge is 0.244 e. The van der Waals surface area contributed by atoms with Crippen LogP contribution in [0, 0.1) is 0 Å². The molecule has 0 bridgehead atoms. The van der Waals surface area contributed by atoms with Crippen LogP contribution in [0.4, 0.5) is 5.82 Å². The van der Waals surface area contributed by atoms with Crippen molar-refractivity contribution < 1.29 is 9.53 Å². The van der Waals surface area contributed by atoms with Gasteiger partial charge in [0.05, 0.1) is 13.2 Å². The number of nitrogens with one attached hydrogen (secondary N) is 1. The number of hydrogen-bond donors (Lipinski definition) is 1. The summed E-state index contributed by atoms with van der Waals surface area (Å²) in [5, 5.41) is 2.94. The molecule has 0 spiro atoms. The number of hydrogen-bond acceptors (Lipinski definition) is 4. The monoisotopic (exact) mass is 379 g/mol. The number of carbonyl (C=O) groups is 1. The van der Waals surface area contributed by atoms with E-state index in [1.165, 1.54) is 5.56 Å². The largest absolute Gasteiger partial charge is 0.378 e. The van der Waals surface area contributed by atoms with Crippen molar-refractivity contribution in [2.75, 3.05) is 31.2 Å². The van der Waals surface area contributed by atoms with Gasteiger partial charge in [0, 0.05) is 31.9 Å². The van der Waals surface area contributed by atoms with Crippen molar-refractivity contribution in [2.45, 2.75) is 32.7 Å². The summed E-state index contributed by atoms with van der Waals surface area (Å²) < 4.78 is 5.38. The maximum atomic E-state index is 12.2. The van der Waals surface area contributed by atoms with Crippen molar-refractivity contribution in [3.63, 3.8) is 0 Å². The van der Waals surface area contributed by atoms with Gasteiger partial charge in [-0.15, -0.1) is 0 Å². The summed E-state index contributed by atoms with van der Waals surface area (Å²) in [5.74, 6) is 0.828. The molecule has 2 heterocycles. The van der Waals surface area contributed by atoms with Crippen molar-refractivity contribution in [1.29, 1.82) is 0 Å². The number of morpholine rings is 1. The highest BCUT2D eigenvalue weighted by molar-refractivity contribution is 5.91. The summed E-state index contributed by atoms with van der Waals surface area (Å²) in [6.07, 6.45) is 5.21. The fourth-order valence-electron chi connectivity index (χ4n) is 3.05. The lowest BCUT2D eigenvalue weighted by Gasteiger charge is -2.28. The molecule has 3 rings (SSSR count). The molecule has 5 nitrogen and oxygen atoms in total. The van der Waals surface area contributed by atoms with Crippen LogP contribution in [0.3, 0.4) is 0 Å². The van der Waals surface area contributed by atoms with E-state index in [1.807, 2.05) is 30.3 Å². The fourth-order valence-corrected chi connectivity index (χ4v) is 3.05. The Hall–Kier alpha value is -2.66. The number of carbonyl (C=O) groups excluding carboxylic acids is 1. The van der Waals surface area contributed by atoms with Gasteiger partial charge in [-0.3, -0.25) is 4.79 Å². The highest BCUT2D eigenvalue weighted by atomic mass is 16.5. The first-order valence-corrected chi connectivity index (χ1v) is 9.76. The van der Waals surface area contributed by atoms with Crippen LogP contribution in [0.15, 0.2) is 48.7 Å². The van der Waals surface area contributed by atoms with Crippen LogP contribution in [0.25, 0.3) is 6.08 Å². The standard InChI is InChI=1S/C23H29N3O2/c1-23(2,3)20-7-4-18(5-8-20)6-9-22(27)25-17-19-10-11-24-21(16-19)26-12-14-28-15-13-26/h4-11,16H,12-15,17H2,1-3H3,(H,25,27)/b9-6+. The van der Waals surface area contributed by atoms with E-state index in [0.29, 0.717) is 6.54 Å². The molecule has 0 saturated carbocycles. The second-order valence-electron chi connectivity index (χ2n) is 8.04. The second-order valence-corrected chi connectivity index (χ2v) is 8.04. The molecule has 1 fully saturated rings. The molecule has 1 aliphatic rings. The van der Waals surface area contributed by atoms with Crippen molar-refractivity contribution >= 4 is 17.8 Å². The molecule has 1 saturated heterocycles. The third-order valence-corrected chi connectivity index (χ3v) is 4.82. The average Bonchev–Trinajstić information content (AvgIpc) is 2.71. The Labute approximate surface area is 167 Å². The minimum atomic E-state index is -0.107. The summed E-state index contributed by atoms with van der Waals surface area (Å²) >= 11 is 0. The molecular weight excluding hydrogens is 350 g/mol. The van der Waals surface area contributed by atoms with Crippen LogP contribution < -0.4 is 10.2 Å². The van der Waals surface area contributed by atoms with Crippen LogP contribution in [0.1, 0.15) is 37.5 Å². The zero-order valence-electron chi connectivity index (χ0n) is 16.9. The maximum Gasteiger partial charge on any atom is 0.244 e. The average molecular weight is 380 g/mol. The third kappa shape index (κ3) is 5.67.